The normalized spacial score (nSPS) is 17.9. The highest BCUT2D eigenvalue weighted by molar-refractivity contribution is 9.09. The van der Waals surface area contributed by atoms with Gasteiger partial charge in [0.15, 0.2) is 0 Å². The van der Waals surface area contributed by atoms with Gasteiger partial charge in [-0.05, 0) is 37.8 Å². The number of hydrogen-bond acceptors (Lipinski definition) is 1. The first kappa shape index (κ1) is 12.0. The Morgan fingerprint density at radius 2 is 1.88 bits per heavy atom. The molecule has 1 nitrogen and oxygen atoms in total. The largest absolute Gasteiger partial charge is 0.492 e. The molecule has 16 heavy (non-hydrogen) atoms. The van der Waals surface area contributed by atoms with Gasteiger partial charge in [0.05, 0.1) is 6.61 Å². The summed E-state index contributed by atoms with van der Waals surface area (Å²) in [6.45, 7) is 5.08. The number of rotatable bonds is 4. The number of benzene rings is 1. The molecule has 0 spiro atoms. The molecule has 0 aromatic heterocycles. The van der Waals surface area contributed by atoms with E-state index in [1.54, 1.807) is 0 Å². The second kappa shape index (κ2) is 4.79. The maximum atomic E-state index is 6.04. The molecule has 88 valence electrons. The van der Waals surface area contributed by atoms with Crippen molar-refractivity contribution in [2.24, 2.45) is 5.41 Å². The molecule has 1 saturated carbocycles. The second-order valence-corrected chi connectivity index (χ2v) is 5.56. The molecule has 0 aliphatic heterocycles. The van der Waals surface area contributed by atoms with Gasteiger partial charge >= 0.3 is 0 Å². The van der Waals surface area contributed by atoms with Crippen LogP contribution in [0.4, 0.5) is 0 Å². The molecule has 1 aromatic carbocycles. The van der Waals surface area contributed by atoms with Gasteiger partial charge in [0.2, 0.25) is 0 Å². The number of halogens is 1. The van der Waals surface area contributed by atoms with Crippen LogP contribution in [0, 0.1) is 19.3 Å². The molecule has 0 N–H and O–H groups in total. The quantitative estimate of drug-likeness (QED) is 0.751. The lowest BCUT2D eigenvalue weighted by Gasteiger charge is -2.40. The van der Waals surface area contributed by atoms with E-state index in [0.29, 0.717) is 5.41 Å². The van der Waals surface area contributed by atoms with Crippen molar-refractivity contribution in [2.45, 2.75) is 33.1 Å². The van der Waals surface area contributed by atoms with Crippen LogP contribution in [0.3, 0.4) is 0 Å². The Balaban J connectivity index is 2.04. The number of hydrogen-bond donors (Lipinski definition) is 0. The molecule has 1 aliphatic rings. The van der Waals surface area contributed by atoms with Crippen LogP contribution in [0.25, 0.3) is 0 Å². The van der Waals surface area contributed by atoms with E-state index in [-0.39, 0.29) is 0 Å². The van der Waals surface area contributed by atoms with Gasteiger partial charge in [0.25, 0.3) is 0 Å². The summed E-state index contributed by atoms with van der Waals surface area (Å²) in [5.74, 6) is 1.08. The van der Waals surface area contributed by atoms with Gasteiger partial charge in [-0.15, -0.1) is 0 Å². The van der Waals surface area contributed by atoms with Crippen molar-refractivity contribution in [3.63, 3.8) is 0 Å². The van der Waals surface area contributed by atoms with Gasteiger partial charge in [0.1, 0.15) is 5.75 Å². The minimum atomic E-state index is 0.398. The Hall–Kier alpha value is -0.500. The summed E-state index contributed by atoms with van der Waals surface area (Å²) in [5, 5.41) is 1.06. The third-order valence-corrected chi connectivity index (χ3v) is 4.82. The first-order valence-electron chi connectivity index (χ1n) is 5.92. The SMILES string of the molecule is Cc1cccc(C)c1OCC1(CBr)CCC1. The van der Waals surface area contributed by atoms with E-state index in [9.17, 15) is 0 Å². The third-order valence-electron chi connectivity index (χ3n) is 3.63. The summed E-state index contributed by atoms with van der Waals surface area (Å²) in [4.78, 5) is 0. The van der Waals surface area contributed by atoms with Crippen LogP contribution in [-0.4, -0.2) is 11.9 Å². The molecule has 1 fully saturated rings. The fraction of sp³-hybridized carbons (Fsp3) is 0.571. The van der Waals surface area contributed by atoms with Crippen LogP contribution in [0.1, 0.15) is 30.4 Å². The van der Waals surface area contributed by atoms with E-state index in [1.807, 2.05) is 0 Å². The molecule has 2 rings (SSSR count). The van der Waals surface area contributed by atoms with E-state index >= 15 is 0 Å². The van der Waals surface area contributed by atoms with Crippen molar-refractivity contribution in [3.8, 4) is 5.75 Å². The molecular weight excluding hydrogens is 264 g/mol. The smallest absolute Gasteiger partial charge is 0.125 e. The molecule has 0 heterocycles. The summed E-state index contributed by atoms with van der Waals surface area (Å²) in [6, 6.07) is 6.31. The fourth-order valence-electron chi connectivity index (χ4n) is 2.25. The van der Waals surface area contributed by atoms with Crippen molar-refractivity contribution < 1.29 is 4.74 Å². The molecule has 2 heteroatoms. The Morgan fingerprint density at radius 3 is 2.31 bits per heavy atom. The number of alkyl halides is 1. The minimum absolute atomic E-state index is 0.398. The lowest BCUT2D eigenvalue weighted by Crippen LogP contribution is -2.37. The van der Waals surface area contributed by atoms with Gasteiger partial charge in [-0.25, -0.2) is 0 Å². The fourth-order valence-corrected chi connectivity index (χ4v) is 2.97. The van der Waals surface area contributed by atoms with Crippen LogP contribution < -0.4 is 4.74 Å². The average molecular weight is 283 g/mol. The van der Waals surface area contributed by atoms with E-state index < -0.39 is 0 Å². The van der Waals surface area contributed by atoms with E-state index in [4.69, 9.17) is 4.74 Å². The summed E-state index contributed by atoms with van der Waals surface area (Å²) < 4.78 is 6.04. The first-order valence-corrected chi connectivity index (χ1v) is 7.04. The Kier molecular flexibility index (Phi) is 3.58. The van der Waals surface area contributed by atoms with Gasteiger partial charge in [0, 0.05) is 10.7 Å². The zero-order valence-electron chi connectivity index (χ0n) is 10.1. The van der Waals surface area contributed by atoms with Crippen molar-refractivity contribution in [1.29, 1.82) is 0 Å². The molecule has 1 aromatic rings. The van der Waals surface area contributed by atoms with Gasteiger partial charge in [-0.3, -0.25) is 0 Å². The highest BCUT2D eigenvalue weighted by atomic mass is 79.9. The zero-order valence-corrected chi connectivity index (χ0v) is 11.6. The van der Waals surface area contributed by atoms with Crippen LogP contribution in [-0.2, 0) is 0 Å². The summed E-state index contributed by atoms with van der Waals surface area (Å²) >= 11 is 3.61. The molecule has 0 radical (unpaired) electrons. The Labute approximate surface area is 106 Å². The molecule has 1 aliphatic carbocycles. The van der Waals surface area contributed by atoms with Crippen molar-refractivity contribution in [3.05, 3.63) is 29.3 Å². The lowest BCUT2D eigenvalue weighted by molar-refractivity contribution is 0.0830. The topological polar surface area (TPSA) is 9.23 Å². The Morgan fingerprint density at radius 1 is 1.25 bits per heavy atom. The predicted molar refractivity (Wildman–Crippen MR) is 71.5 cm³/mol. The summed E-state index contributed by atoms with van der Waals surface area (Å²) in [6.07, 6.45) is 3.94. The minimum Gasteiger partial charge on any atom is -0.492 e. The van der Waals surface area contributed by atoms with Crippen molar-refractivity contribution in [2.75, 3.05) is 11.9 Å². The van der Waals surface area contributed by atoms with E-state index in [1.165, 1.54) is 30.4 Å². The number of ether oxygens (including phenoxy) is 1. The number of para-hydroxylation sites is 1. The highest BCUT2D eigenvalue weighted by Crippen LogP contribution is 2.43. The average Bonchev–Trinajstić information content (AvgIpc) is 2.20. The molecular formula is C14H19BrO. The van der Waals surface area contributed by atoms with Crippen molar-refractivity contribution in [1.82, 2.24) is 0 Å². The van der Waals surface area contributed by atoms with Gasteiger partial charge in [-0.1, -0.05) is 40.5 Å². The molecule has 0 bridgehead atoms. The maximum Gasteiger partial charge on any atom is 0.125 e. The number of aryl methyl sites for hydroxylation is 2. The van der Waals surface area contributed by atoms with E-state index in [0.717, 1.165) is 17.7 Å². The first-order chi connectivity index (χ1) is 7.67. The van der Waals surface area contributed by atoms with Gasteiger partial charge in [-0.2, -0.15) is 0 Å². The molecule has 0 atom stereocenters. The van der Waals surface area contributed by atoms with Crippen molar-refractivity contribution >= 4 is 15.9 Å². The maximum absolute atomic E-state index is 6.04. The molecule has 0 amide bonds. The highest BCUT2D eigenvalue weighted by Gasteiger charge is 2.36. The zero-order chi connectivity index (χ0) is 11.6. The third kappa shape index (κ3) is 2.27. The van der Waals surface area contributed by atoms with Crippen LogP contribution in [0.5, 0.6) is 5.75 Å². The van der Waals surface area contributed by atoms with Crippen LogP contribution in [0.2, 0.25) is 0 Å². The predicted octanol–water partition coefficient (Wildman–Crippen LogP) is 4.25. The second-order valence-electron chi connectivity index (χ2n) is 5.00. The van der Waals surface area contributed by atoms with Crippen LogP contribution in [0.15, 0.2) is 18.2 Å². The lowest BCUT2D eigenvalue weighted by atomic mass is 9.71. The summed E-state index contributed by atoms with van der Waals surface area (Å²) in [7, 11) is 0. The van der Waals surface area contributed by atoms with E-state index in [2.05, 4.69) is 48.0 Å². The van der Waals surface area contributed by atoms with Crippen LogP contribution >= 0.6 is 15.9 Å². The van der Waals surface area contributed by atoms with Gasteiger partial charge < -0.3 is 4.74 Å². The Bertz CT molecular complexity index is 343. The summed E-state index contributed by atoms with van der Waals surface area (Å²) in [5.41, 5.74) is 2.88. The standard InChI is InChI=1S/C14H19BrO/c1-11-5-3-6-12(2)13(11)16-10-14(9-15)7-4-8-14/h3,5-6H,4,7-10H2,1-2H3. The molecule has 0 saturated heterocycles. The molecule has 0 unspecified atom stereocenters. The monoisotopic (exact) mass is 282 g/mol.